The molecule has 3 aromatic rings. The molecule has 126 valence electrons. The molecule has 0 saturated carbocycles. The number of fused-ring (bicyclic) bond motifs is 1. The molecular weight excluding hydrogens is 324 g/mol. The first-order valence-electron chi connectivity index (χ1n) is 8.06. The molecule has 1 aliphatic heterocycles. The van der Waals surface area contributed by atoms with Gasteiger partial charge in [0.2, 0.25) is 0 Å². The third-order valence-electron chi connectivity index (χ3n) is 4.52. The normalized spacial score (nSPS) is 21.0. The maximum absolute atomic E-state index is 5.73. The van der Waals surface area contributed by atoms with Crippen LogP contribution in [0.1, 0.15) is 17.3 Å². The van der Waals surface area contributed by atoms with Gasteiger partial charge in [0.1, 0.15) is 17.4 Å². The van der Waals surface area contributed by atoms with Gasteiger partial charge in [-0.1, -0.05) is 5.16 Å². The number of rotatable bonds is 4. The van der Waals surface area contributed by atoms with Gasteiger partial charge in [-0.15, -0.1) is 11.3 Å². The molecule has 1 saturated heterocycles. The summed E-state index contributed by atoms with van der Waals surface area (Å²) in [7, 11) is 1.78. The van der Waals surface area contributed by atoms with Crippen LogP contribution in [-0.2, 0) is 11.2 Å². The van der Waals surface area contributed by atoms with Crippen molar-refractivity contribution < 1.29 is 9.26 Å². The van der Waals surface area contributed by atoms with Crippen molar-refractivity contribution in [1.82, 2.24) is 15.1 Å². The zero-order chi connectivity index (χ0) is 16.7. The monoisotopic (exact) mass is 344 g/mol. The average Bonchev–Trinajstić information content (AvgIpc) is 3.26. The lowest BCUT2D eigenvalue weighted by molar-refractivity contribution is 0.0813. The Morgan fingerprint density at radius 2 is 2.21 bits per heavy atom. The summed E-state index contributed by atoms with van der Waals surface area (Å²) in [5, 5.41) is 6.05. The number of ether oxygens (including phenoxy) is 1. The minimum atomic E-state index is 0.153. The molecule has 1 fully saturated rings. The number of anilines is 1. The van der Waals surface area contributed by atoms with Crippen molar-refractivity contribution in [3.63, 3.8) is 0 Å². The smallest absolute Gasteiger partial charge is 0.150 e. The standard InChI is InChI=1S/C17H20N4O2S/c1-10-6-13(23-20-10)7-12-8-21(9-15(12)22-3)17-16-14(4-5-24-16)18-11(2)19-17/h4-6,12,15H,7-9H2,1-3H3/t12-,15+/m1/s1. The van der Waals surface area contributed by atoms with Gasteiger partial charge in [-0.25, -0.2) is 9.97 Å². The predicted octanol–water partition coefficient (Wildman–Crippen LogP) is 2.99. The topological polar surface area (TPSA) is 64.3 Å². The molecule has 3 aromatic heterocycles. The molecule has 0 spiro atoms. The second kappa shape index (κ2) is 6.14. The van der Waals surface area contributed by atoms with Crippen molar-refractivity contribution in [3.8, 4) is 0 Å². The second-order valence-electron chi connectivity index (χ2n) is 6.31. The molecule has 4 heterocycles. The number of nitrogens with zero attached hydrogens (tertiary/aromatic N) is 4. The molecule has 24 heavy (non-hydrogen) atoms. The van der Waals surface area contributed by atoms with Crippen LogP contribution in [0.25, 0.3) is 10.2 Å². The molecule has 7 heteroatoms. The van der Waals surface area contributed by atoms with Gasteiger partial charge in [0.25, 0.3) is 0 Å². The summed E-state index contributed by atoms with van der Waals surface area (Å²) in [5.74, 6) is 3.10. The fourth-order valence-electron chi connectivity index (χ4n) is 3.42. The SMILES string of the molecule is CO[C@H]1CN(c2nc(C)nc3ccsc23)C[C@H]1Cc1cc(C)no1. The summed E-state index contributed by atoms with van der Waals surface area (Å²) in [5.41, 5.74) is 1.94. The van der Waals surface area contributed by atoms with E-state index in [-0.39, 0.29) is 6.10 Å². The summed E-state index contributed by atoms with van der Waals surface area (Å²) >= 11 is 1.69. The first kappa shape index (κ1) is 15.5. The van der Waals surface area contributed by atoms with Crippen LogP contribution in [0.2, 0.25) is 0 Å². The minimum Gasteiger partial charge on any atom is -0.379 e. The lowest BCUT2D eigenvalue weighted by Gasteiger charge is -2.18. The number of aryl methyl sites for hydroxylation is 2. The summed E-state index contributed by atoms with van der Waals surface area (Å²) < 4.78 is 12.3. The van der Waals surface area contributed by atoms with Crippen LogP contribution in [-0.4, -0.2) is 41.4 Å². The Bertz CT molecular complexity index is 859. The molecular formula is C17H20N4O2S. The van der Waals surface area contributed by atoms with Gasteiger partial charge in [-0.2, -0.15) is 0 Å². The number of hydrogen-bond acceptors (Lipinski definition) is 7. The fraction of sp³-hybridized carbons (Fsp3) is 0.471. The van der Waals surface area contributed by atoms with Gasteiger partial charge in [0, 0.05) is 38.6 Å². The highest BCUT2D eigenvalue weighted by molar-refractivity contribution is 7.17. The van der Waals surface area contributed by atoms with E-state index < -0.39 is 0 Å². The molecule has 0 radical (unpaired) electrons. The van der Waals surface area contributed by atoms with Crippen molar-refractivity contribution >= 4 is 27.4 Å². The third kappa shape index (κ3) is 2.78. The van der Waals surface area contributed by atoms with Crippen molar-refractivity contribution in [2.75, 3.05) is 25.1 Å². The largest absolute Gasteiger partial charge is 0.379 e. The van der Waals surface area contributed by atoms with Crippen LogP contribution in [0, 0.1) is 19.8 Å². The maximum Gasteiger partial charge on any atom is 0.150 e. The van der Waals surface area contributed by atoms with Crippen LogP contribution in [0.4, 0.5) is 5.82 Å². The summed E-state index contributed by atoms with van der Waals surface area (Å²) in [6.45, 7) is 5.61. The quantitative estimate of drug-likeness (QED) is 0.725. The summed E-state index contributed by atoms with van der Waals surface area (Å²) in [6.07, 6.45) is 0.980. The van der Waals surface area contributed by atoms with E-state index in [0.29, 0.717) is 5.92 Å². The van der Waals surface area contributed by atoms with Crippen LogP contribution in [0.3, 0.4) is 0 Å². The summed E-state index contributed by atoms with van der Waals surface area (Å²) in [6, 6.07) is 4.05. The molecule has 0 bridgehead atoms. The number of methoxy groups -OCH3 is 1. The predicted molar refractivity (Wildman–Crippen MR) is 93.6 cm³/mol. The van der Waals surface area contributed by atoms with Gasteiger partial charge in [-0.05, 0) is 25.3 Å². The molecule has 4 rings (SSSR count). The highest BCUT2D eigenvalue weighted by atomic mass is 32.1. The molecule has 2 atom stereocenters. The number of thiophene rings is 1. The van der Waals surface area contributed by atoms with E-state index in [1.807, 2.05) is 19.9 Å². The highest BCUT2D eigenvalue weighted by Crippen LogP contribution is 2.33. The summed E-state index contributed by atoms with van der Waals surface area (Å²) in [4.78, 5) is 11.5. The van der Waals surface area contributed by atoms with Crippen molar-refractivity contribution in [2.45, 2.75) is 26.4 Å². The minimum absolute atomic E-state index is 0.153. The highest BCUT2D eigenvalue weighted by Gasteiger charge is 2.35. The van der Waals surface area contributed by atoms with E-state index in [1.54, 1.807) is 18.4 Å². The van der Waals surface area contributed by atoms with E-state index in [1.165, 1.54) is 0 Å². The van der Waals surface area contributed by atoms with Gasteiger partial charge >= 0.3 is 0 Å². The molecule has 0 aliphatic carbocycles. The van der Waals surface area contributed by atoms with Crippen molar-refractivity contribution in [1.29, 1.82) is 0 Å². The Hall–Kier alpha value is -1.99. The molecule has 0 unspecified atom stereocenters. The first-order chi connectivity index (χ1) is 11.6. The molecule has 0 N–H and O–H groups in total. The van der Waals surface area contributed by atoms with E-state index in [2.05, 4.69) is 26.5 Å². The van der Waals surface area contributed by atoms with Gasteiger partial charge in [0.05, 0.1) is 22.0 Å². The third-order valence-corrected chi connectivity index (χ3v) is 5.42. The van der Waals surface area contributed by atoms with E-state index in [0.717, 1.165) is 52.8 Å². The van der Waals surface area contributed by atoms with Gasteiger partial charge < -0.3 is 14.2 Å². The van der Waals surface area contributed by atoms with E-state index >= 15 is 0 Å². The molecule has 0 amide bonds. The lowest BCUT2D eigenvalue weighted by atomic mass is 10.0. The fourth-order valence-corrected chi connectivity index (χ4v) is 4.27. The maximum atomic E-state index is 5.73. The zero-order valence-electron chi connectivity index (χ0n) is 14.0. The zero-order valence-corrected chi connectivity index (χ0v) is 14.8. The average molecular weight is 344 g/mol. The first-order valence-corrected chi connectivity index (χ1v) is 8.94. The van der Waals surface area contributed by atoms with Gasteiger partial charge in [-0.3, -0.25) is 0 Å². The Morgan fingerprint density at radius 1 is 1.33 bits per heavy atom. The Balaban J connectivity index is 1.61. The van der Waals surface area contributed by atoms with Crippen LogP contribution >= 0.6 is 11.3 Å². The van der Waals surface area contributed by atoms with Crippen LogP contribution in [0.5, 0.6) is 0 Å². The van der Waals surface area contributed by atoms with Crippen LogP contribution in [0.15, 0.2) is 22.0 Å². The van der Waals surface area contributed by atoms with Crippen LogP contribution < -0.4 is 4.90 Å². The van der Waals surface area contributed by atoms with E-state index in [9.17, 15) is 0 Å². The Kier molecular flexibility index (Phi) is 3.97. The Morgan fingerprint density at radius 3 is 2.96 bits per heavy atom. The molecule has 0 aromatic carbocycles. The molecule has 1 aliphatic rings. The van der Waals surface area contributed by atoms with Crippen molar-refractivity contribution in [3.05, 3.63) is 34.8 Å². The van der Waals surface area contributed by atoms with Gasteiger partial charge in [0.15, 0.2) is 0 Å². The lowest BCUT2D eigenvalue weighted by Crippen LogP contribution is -2.24. The Labute approximate surface area is 144 Å². The molecule has 6 nitrogen and oxygen atoms in total. The number of aromatic nitrogens is 3. The van der Waals surface area contributed by atoms with Crippen molar-refractivity contribution in [2.24, 2.45) is 5.92 Å². The number of hydrogen-bond donors (Lipinski definition) is 0. The van der Waals surface area contributed by atoms with E-state index in [4.69, 9.17) is 14.2 Å². The second-order valence-corrected chi connectivity index (χ2v) is 7.22.